The summed E-state index contributed by atoms with van der Waals surface area (Å²) in [7, 11) is 0. The first kappa shape index (κ1) is 8.89. The van der Waals surface area contributed by atoms with E-state index in [1.165, 1.54) is 6.92 Å². The summed E-state index contributed by atoms with van der Waals surface area (Å²) in [5.41, 5.74) is 0. The van der Waals surface area contributed by atoms with Gasteiger partial charge in [0.05, 0.1) is 6.61 Å². The van der Waals surface area contributed by atoms with E-state index in [2.05, 4.69) is 0 Å². The van der Waals surface area contributed by atoms with Gasteiger partial charge in [-0.1, -0.05) is 0 Å². The molecule has 1 saturated heterocycles. The molecule has 0 aromatic rings. The molecule has 0 radical (unpaired) electrons. The van der Waals surface area contributed by atoms with E-state index in [9.17, 15) is 5.11 Å². The average molecular weight is 165 g/mol. The third-order valence-electron chi connectivity index (χ3n) is 1.82. The number of hydrogen-bond donors (Lipinski definition) is 4. The highest BCUT2D eigenvalue weighted by Crippen LogP contribution is 2.27. The molecule has 11 heavy (non-hydrogen) atoms. The van der Waals surface area contributed by atoms with Crippen LogP contribution >= 0.6 is 0 Å². The van der Waals surface area contributed by atoms with Crippen molar-refractivity contribution < 1.29 is 25.2 Å². The van der Waals surface area contributed by atoms with Crippen LogP contribution in [-0.2, 0) is 4.74 Å². The molecule has 5 nitrogen and oxygen atoms in total. The largest absolute Gasteiger partial charge is 0.394 e. The maximum Gasteiger partial charge on any atom is 0.192 e. The lowest BCUT2D eigenvalue weighted by Crippen LogP contribution is -2.40. The van der Waals surface area contributed by atoms with Gasteiger partial charge in [0.1, 0.15) is 18.3 Å². The van der Waals surface area contributed by atoms with Crippen molar-refractivity contribution in [3.8, 4) is 0 Å². The molecular weight excluding hydrogens is 153 g/mol. The lowest BCUT2D eigenvalue weighted by molar-refractivity contribution is -0.217. The summed E-state index contributed by atoms with van der Waals surface area (Å²) in [6.07, 6.45) is -3.49. The summed E-state index contributed by atoms with van der Waals surface area (Å²) in [5, 5.41) is 36.0. The fraction of sp³-hybridized carbons (Fsp3) is 1.00. The molecule has 4 N–H and O–H groups in total. The lowest BCUT2D eigenvalue weighted by Gasteiger charge is -2.19. The molecule has 0 spiro atoms. The third kappa shape index (κ3) is 1.38. The van der Waals surface area contributed by atoms with E-state index in [1.54, 1.807) is 0 Å². The van der Waals surface area contributed by atoms with Gasteiger partial charge in [-0.25, -0.2) is 0 Å². The zero-order chi connectivity index (χ0) is 8.65. The second kappa shape index (κ2) is 2.69. The standard InChI is InChI=1S/C6H12O5/c1-6(10)5(9)4(8)3(2-7)11-6/h3-5,7-10H,2H2,1H3/t3-,4-,5-,6?/m1/s1/i6+1. The van der Waals surface area contributed by atoms with E-state index in [-0.39, 0.29) is 0 Å². The Hall–Kier alpha value is -0.200. The van der Waals surface area contributed by atoms with Crippen LogP contribution in [0.1, 0.15) is 6.92 Å². The fourth-order valence-electron chi connectivity index (χ4n) is 1.11. The van der Waals surface area contributed by atoms with Gasteiger partial charge in [0.2, 0.25) is 0 Å². The smallest absolute Gasteiger partial charge is 0.192 e. The normalized spacial score (nSPS) is 51.5. The molecule has 0 saturated carbocycles. The van der Waals surface area contributed by atoms with Crippen LogP contribution in [-0.4, -0.2) is 51.1 Å². The van der Waals surface area contributed by atoms with E-state index in [1.807, 2.05) is 0 Å². The van der Waals surface area contributed by atoms with Gasteiger partial charge in [0.25, 0.3) is 0 Å². The summed E-state index contributed by atoms with van der Waals surface area (Å²) in [5.74, 6) is -1.76. The summed E-state index contributed by atoms with van der Waals surface area (Å²) in [6, 6.07) is 0. The molecule has 1 unspecified atom stereocenters. The molecule has 1 rings (SSSR count). The Morgan fingerprint density at radius 1 is 1.45 bits per heavy atom. The predicted octanol–water partition coefficient (Wildman–Crippen LogP) is -2.19. The van der Waals surface area contributed by atoms with E-state index < -0.39 is 30.7 Å². The van der Waals surface area contributed by atoms with Gasteiger partial charge in [0, 0.05) is 0 Å². The van der Waals surface area contributed by atoms with Crippen molar-refractivity contribution in [2.45, 2.75) is 31.0 Å². The van der Waals surface area contributed by atoms with Gasteiger partial charge in [0.15, 0.2) is 5.79 Å². The second-order valence-corrected chi connectivity index (χ2v) is 2.83. The molecule has 1 fully saturated rings. The van der Waals surface area contributed by atoms with E-state index in [0.717, 1.165) is 0 Å². The molecule has 0 aliphatic carbocycles. The number of ether oxygens (including phenoxy) is 1. The van der Waals surface area contributed by atoms with Gasteiger partial charge in [-0.3, -0.25) is 0 Å². The van der Waals surface area contributed by atoms with Crippen molar-refractivity contribution in [2.24, 2.45) is 0 Å². The Bertz CT molecular complexity index is 146. The Morgan fingerprint density at radius 2 is 2.00 bits per heavy atom. The first-order chi connectivity index (χ1) is 4.99. The SMILES string of the molecule is C[13C]1(O)O[C@H](CO)[C@@H](O)[C@H]1O. The first-order valence-corrected chi connectivity index (χ1v) is 3.36. The minimum absolute atomic E-state index is 0.422. The summed E-state index contributed by atoms with van der Waals surface area (Å²) < 4.78 is 4.73. The van der Waals surface area contributed by atoms with E-state index >= 15 is 0 Å². The van der Waals surface area contributed by atoms with Gasteiger partial charge in [-0.15, -0.1) is 0 Å². The molecule has 1 heterocycles. The van der Waals surface area contributed by atoms with Gasteiger partial charge in [-0.2, -0.15) is 0 Å². The molecule has 66 valence electrons. The van der Waals surface area contributed by atoms with Crippen LogP contribution in [0.2, 0.25) is 0 Å². The second-order valence-electron chi connectivity index (χ2n) is 2.83. The first-order valence-electron chi connectivity index (χ1n) is 3.36. The molecular formula is C6H12O5. The highest BCUT2D eigenvalue weighted by atomic mass is 16.8. The fourth-order valence-corrected chi connectivity index (χ4v) is 1.11. The monoisotopic (exact) mass is 165 g/mol. The summed E-state index contributed by atoms with van der Waals surface area (Å²) in [6.45, 7) is 0.810. The van der Waals surface area contributed by atoms with Crippen LogP contribution in [0.4, 0.5) is 0 Å². The van der Waals surface area contributed by atoms with Crippen molar-refractivity contribution in [3.05, 3.63) is 0 Å². The topological polar surface area (TPSA) is 90.2 Å². The number of hydrogen-bond acceptors (Lipinski definition) is 5. The minimum Gasteiger partial charge on any atom is -0.394 e. The van der Waals surface area contributed by atoms with Crippen molar-refractivity contribution in [1.82, 2.24) is 0 Å². The lowest BCUT2D eigenvalue weighted by atomic mass is 10.2. The molecule has 0 bridgehead atoms. The zero-order valence-corrected chi connectivity index (χ0v) is 6.14. The van der Waals surface area contributed by atoms with Crippen molar-refractivity contribution >= 4 is 0 Å². The van der Waals surface area contributed by atoms with Gasteiger partial charge < -0.3 is 25.2 Å². The highest BCUT2D eigenvalue weighted by Gasteiger charge is 2.49. The summed E-state index contributed by atoms with van der Waals surface area (Å²) in [4.78, 5) is 0. The van der Waals surface area contributed by atoms with Crippen molar-refractivity contribution in [1.29, 1.82) is 0 Å². The van der Waals surface area contributed by atoms with Crippen LogP contribution in [0.5, 0.6) is 0 Å². The van der Waals surface area contributed by atoms with Gasteiger partial charge in [-0.05, 0) is 6.92 Å². The molecule has 0 amide bonds. The average Bonchev–Trinajstić information content (AvgIpc) is 2.13. The maximum absolute atomic E-state index is 9.19. The predicted molar refractivity (Wildman–Crippen MR) is 34.6 cm³/mol. The molecule has 0 aromatic carbocycles. The summed E-state index contributed by atoms with van der Waals surface area (Å²) >= 11 is 0. The molecule has 4 atom stereocenters. The maximum atomic E-state index is 9.19. The highest BCUT2D eigenvalue weighted by molar-refractivity contribution is 4.92. The zero-order valence-electron chi connectivity index (χ0n) is 6.14. The van der Waals surface area contributed by atoms with Crippen molar-refractivity contribution in [3.63, 3.8) is 0 Å². The molecule has 1 aliphatic heterocycles. The number of aliphatic hydroxyl groups is 4. The molecule has 1 aliphatic rings. The van der Waals surface area contributed by atoms with Gasteiger partial charge >= 0.3 is 0 Å². The minimum atomic E-state index is -1.76. The van der Waals surface area contributed by atoms with Crippen LogP contribution in [0, 0.1) is 0 Å². The van der Waals surface area contributed by atoms with Crippen LogP contribution < -0.4 is 0 Å². The van der Waals surface area contributed by atoms with Crippen LogP contribution in [0.15, 0.2) is 0 Å². The van der Waals surface area contributed by atoms with E-state index in [4.69, 9.17) is 20.1 Å². The Labute approximate surface area is 63.8 Å². The Kier molecular flexibility index (Phi) is 2.17. The quantitative estimate of drug-likeness (QED) is 0.331. The van der Waals surface area contributed by atoms with E-state index in [0.29, 0.717) is 0 Å². The number of aliphatic hydroxyl groups excluding tert-OH is 3. The number of rotatable bonds is 1. The van der Waals surface area contributed by atoms with Crippen LogP contribution in [0.25, 0.3) is 0 Å². The van der Waals surface area contributed by atoms with Crippen molar-refractivity contribution in [2.75, 3.05) is 6.61 Å². The molecule has 5 heteroatoms. The third-order valence-corrected chi connectivity index (χ3v) is 1.82. The Balaban J connectivity index is 2.69. The van der Waals surface area contributed by atoms with Crippen LogP contribution in [0.3, 0.4) is 0 Å². The molecule has 0 aromatic heterocycles. The Morgan fingerprint density at radius 3 is 2.18 bits per heavy atom.